The van der Waals surface area contributed by atoms with E-state index in [0.29, 0.717) is 0 Å². The fourth-order valence-electron chi connectivity index (χ4n) is 1.97. The van der Waals surface area contributed by atoms with Gasteiger partial charge < -0.3 is 5.32 Å². The molecule has 110 valence electrons. The van der Waals surface area contributed by atoms with E-state index in [1.54, 1.807) is 6.07 Å². The molecule has 0 radical (unpaired) electrons. The van der Waals surface area contributed by atoms with Crippen molar-refractivity contribution in [1.29, 1.82) is 0 Å². The average Bonchev–Trinajstić information content (AvgIpc) is 2.81. The molecule has 0 bridgehead atoms. The molecule has 1 aliphatic heterocycles. The van der Waals surface area contributed by atoms with Gasteiger partial charge in [-0.2, -0.15) is 0 Å². The van der Waals surface area contributed by atoms with Crippen LogP contribution in [0.5, 0.6) is 0 Å². The molecule has 1 fully saturated rings. The minimum Gasteiger partial charge on any atom is -0.314 e. The van der Waals surface area contributed by atoms with E-state index in [-0.39, 0.29) is 35.9 Å². The monoisotopic (exact) mass is 331 g/mol. The molecule has 1 N–H and O–H groups in total. The number of rotatable bonds is 4. The Morgan fingerprint density at radius 3 is 2.53 bits per heavy atom. The van der Waals surface area contributed by atoms with Crippen LogP contribution < -0.4 is 5.32 Å². The van der Waals surface area contributed by atoms with Gasteiger partial charge in [-0.1, -0.05) is 11.3 Å². The number of nitrogens with zero attached hydrogens (tertiary/aromatic N) is 2. The highest BCUT2D eigenvalue weighted by Crippen LogP contribution is 2.32. The molecule has 1 aliphatic rings. The lowest BCUT2D eigenvalue weighted by Gasteiger charge is -2.32. The first-order valence-corrected chi connectivity index (χ1v) is 6.29. The van der Waals surface area contributed by atoms with Crippen LogP contribution in [0.1, 0.15) is 10.9 Å². The molecule has 1 atom stereocenters. The molecular weight excluding hydrogens is 316 g/mol. The smallest absolute Gasteiger partial charge is 0.314 e. The summed E-state index contributed by atoms with van der Waals surface area (Å²) in [6.07, 6.45) is 0. The first-order valence-electron chi connectivity index (χ1n) is 5.47. The van der Waals surface area contributed by atoms with Gasteiger partial charge in [0.15, 0.2) is 0 Å². The minimum atomic E-state index is -0.502. The van der Waals surface area contributed by atoms with Crippen LogP contribution in [0, 0.1) is 10.1 Å². The maximum Gasteiger partial charge on any atom is 0.324 e. The Kier molecular flexibility index (Phi) is 8.44. The number of halogens is 3. The topological polar surface area (TPSA) is 58.4 Å². The molecule has 0 spiro atoms. The third-order valence-corrected chi connectivity index (χ3v) is 4.00. The maximum absolute atomic E-state index is 13.1. The lowest BCUT2D eigenvalue weighted by molar-refractivity contribution is -0.380. The Balaban J connectivity index is 0.00000162. The quantitative estimate of drug-likeness (QED) is 0.680. The molecule has 1 saturated heterocycles. The third kappa shape index (κ3) is 4.54. The second-order valence-electron chi connectivity index (χ2n) is 3.89. The van der Waals surface area contributed by atoms with E-state index in [0.717, 1.165) is 42.4 Å². The van der Waals surface area contributed by atoms with Crippen molar-refractivity contribution in [2.75, 3.05) is 32.9 Å². The van der Waals surface area contributed by atoms with Crippen molar-refractivity contribution in [1.82, 2.24) is 10.2 Å². The molecule has 2 rings (SSSR count). The summed E-state index contributed by atoms with van der Waals surface area (Å²) in [6, 6.07) is 2.77. The van der Waals surface area contributed by atoms with Crippen LogP contribution in [0.4, 0.5) is 9.39 Å². The molecule has 0 unspecified atom stereocenters. The largest absolute Gasteiger partial charge is 0.324 e. The summed E-state index contributed by atoms with van der Waals surface area (Å²) in [7, 11) is 0. The zero-order valence-corrected chi connectivity index (χ0v) is 12.5. The molecule has 2 heterocycles. The van der Waals surface area contributed by atoms with Gasteiger partial charge in [0.05, 0.1) is 11.0 Å². The first kappa shape index (κ1) is 18.5. The number of nitro groups is 1. The van der Waals surface area contributed by atoms with Gasteiger partial charge in [0.25, 0.3) is 0 Å². The second kappa shape index (κ2) is 8.65. The summed E-state index contributed by atoms with van der Waals surface area (Å²) in [4.78, 5) is 12.9. The molecule has 0 aromatic carbocycles. The zero-order valence-electron chi connectivity index (χ0n) is 10.1. The Morgan fingerprint density at radius 1 is 1.42 bits per heavy atom. The van der Waals surface area contributed by atoms with E-state index in [2.05, 4.69) is 5.32 Å². The first-order chi connectivity index (χ1) is 8.22. The fourth-order valence-corrected chi connectivity index (χ4v) is 2.90. The van der Waals surface area contributed by atoms with Crippen LogP contribution in [0.15, 0.2) is 12.1 Å². The number of piperazine rings is 1. The summed E-state index contributed by atoms with van der Waals surface area (Å²) in [6.45, 7) is 2.73. The SMILES string of the molecule is Cl.Cl.O=[N+]([O-])c1ccc([C@@H](CF)N2CCNCC2)s1. The van der Waals surface area contributed by atoms with Crippen LogP contribution in [0.25, 0.3) is 0 Å². The summed E-state index contributed by atoms with van der Waals surface area (Å²) < 4.78 is 13.1. The summed E-state index contributed by atoms with van der Waals surface area (Å²) in [5, 5.41) is 13.9. The maximum atomic E-state index is 13.1. The van der Waals surface area contributed by atoms with Crippen LogP contribution in [-0.4, -0.2) is 42.7 Å². The molecule has 0 aliphatic carbocycles. The number of thiophene rings is 1. The van der Waals surface area contributed by atoms with Crippen molar-refractivity contribution >= 4 is 41.2 Å². The highest BCUT2D eigenvalue weighted by molar-refractivity contribution is 7.15. The Morgan fingerprint density at radius 2 is 2.05 bits per heavy atom. The molecule has 5 nitrogen and oxygen atoms in total. The van der Waals surface area contributed by atoms with Gasteiger partial charge in [0.1, 0.15) is 6.67 Å². The van der Waals surface area contributed by atoms with Gasteiger partial charge in [-0.3, -0.25) is 15.0 Å². The van der Waals surface area contributed by atoms with E-state index < -0.39 is 11.6 Å². The molecule has 0 saturated carbocycles. The number of hydrogen-bond donors (Lipinski definition) is 1. The molecule has 19 heavy (non-hydrogen) atoms. The molecule has 1 aromatic heterocycles. The third-order valence-electron chi connectivity index (χ3n) is 2.86. The Labute approximate surface area is 127 Å². The summed E-state index contributed by atoms with van der Waals surface area (Å²) in [5.41, 5.74) is 0. The van der Waals surface area contributed by atoms with Crippen LogP contribution >= 0.6 is 36.2 Å². The van der Waals surface area contributed by atoms with Gasteiger partial charge in [-0.25, -0.2) is 4.39 Å². The van der Waals surface area contributed by atoms with E-state index in [4.69, 9.17) is 0 Å². The van der Waals surface area contributed by atoms with Crippen molar-refractivity contribution in [2.45, 2.75) is 6.04 Å². The highest BCUT2D eigenvalue weighted by atomic mass is 35.5. The van der Waals surface area contributed by atoms with E-state index in [1.165, 1.54) is 6.07 Å². The molecule has 1 aromatic rings. The zero-order chi connectivity index (χ0) is 12.3. The standard InChI is InChI=1S/C10H14FN3O2S.2ClH/c11-7-8(13-5-3-12-4-6-13)9-1-2-10(17-9)14(15)16;;/h1-2,8,12H,3-7H2;2*1H/t8-;;/m1../s1. The molecule has 9 heteroatoms. The van der Waals surface area contributed by atoms with Crippen molar-refractivity contribution in [2.24, 2.45) is 0 Å². The average molecular weight is 332 g/mol. The lowest BCUT2D eigenvalue weighted by Crippen LogP contribution is -2.45. The van der Waals surface area contributed by atoms with E-state index in [1.807, 2.05) is 4.90 Å². The van der Waals surface area contributed by atoms with Crippen LogP contribution in [-0.2, 0) is 0 Å². The van der Waals surface area contributed by atoms with Crippen LogP contribution in [0.3, 0.4) is 0 Å². The van der Waals surface area contributed by atoms with Crippen molar-refractivity contribution in [3.63, 3.8) is 0 Å². The van der Waals surface area contributed by atoms with Gasteiger partial charge in [-0.05, 0) is 6.07 Å². The Bertz CT molecular complexity index is 402. The van der Waals surface area contributed by atoms with Gasteiger partial charge in [-0.15, -0.1) is 24.8 Å². The number of alkyl halides is 1. The molecule has 0 amide bonds. The summed E-state index contributed by atoms with van der Waals surface area (Å²) in [5.74, 6) is 0. The van der Waals surface area contributed by atoms with Crippen molar-refractivity contribution in [3.05, 3.63) is 27.1 Å². The minimum absolute atomic E-state index is 0. The predicted molar refractivity (Wildman–Crippen MR) is 78.6 cm³/mol. The van der Waals surface area contributed by atoms with Crippen molar-refractivity contribution in [3.8, 4) is 0 Å². The predicted octanol–water partition coefficient (Wildman–Crippen LogP) is 2.42. The number of nitrogens with one attached hydrogen (secondary N) is 1. The lowest BCUT2D eigenvalue weighted by atomic mass is 10.2. The highest BCUT2D eigenvalue weighted by Gasteiger charge is 2.25. The van der Waals surface area contributed by atoms with Crippen molar-refractivity contribution < 1.29 is 9.31 Å². The Hall–Kier alpha value is -0.470. The van der Waals surface area contributed by atoms with Gasteiger partial charge >= 0.3 is 5.00 Å². The van der Waals surface area contributed by atoms with Gasteiger partial charge in [0.2, 0.25) is 0 Å². The number of hydrogen-bond acceptors (Lipinski definition) is 5. The fraction of sp³-hybridized carbons (Fsp3) is 0.600. The normalized spacial score (nSPS) is 17.1. The molecular formula is C10H16Cl2FN3O2S. The second-order valence-corrected chi connectivity index (χ2v) is 4.98. The summed E-state index contributed by atoms with van der Waals surface area (Å²) >= 11 is 1.07. The van der Waals surface area contributed by atoms with E-state index in [9.17, 15) is 14.5 Å². The van der Waals surface area contributed by atoms with Gasteiger partial charge in [0, 0.05) is 37.1 Å². The van der Waals surface area contributed by atoms with E-state index >= 15 is 0 Å². The van der Waals surface area contributed by atoms with Crippen LogP contribution in [0.2, 0.25) is 0 Å².